The van der Waals surface area contributed by atoms with Gasteiger partial charge < -0.3 is 5.11 Å². The van der Waals surface area contributed by atoms with E-state index in [9.17, 15) is 8.42 Å². The predicted octanol–water partition coefficient (Wildman–Crippen LogP) is 1.07. The molecule has 0 aliphatic heterocycles. The summed E-state index contributed by atoms with van der Waals surface area (Å²) < 4.78 is 25.3. The van der Waals surface area contributed by atoms with Crippen LogP contribution in [0, 0.1) is 17.8 Å². The summed E-state index contributed by atoms with van der Waals surface area (Å²) in [5, 5.41) is 8.70. The molecule has 5 heteroatoms. The average molecular weight is 261 g/mol. The summed E-state index contributed by atoms with van der Waals surface area (Å²) >= 11 is 0. The molecule has 2 aliphatic rings. The molecule has 3 unspecified atom stereocenters. The van der Waals surface area contributed by atoms with Crippen molar-refractivity contribution < 1.29 is 13.5 Å². The predicted molar refractivity (Wildman–Crippen MR) is 67.1 cm³/mol. The topological polar surface area (TPSA) is 57.6 Å². The molecule has 2 rings (SSSR count). The van der Waals surface area contributed by atoms with Gasteiger partial charge in [0.05, 0.1) is 5.75 Å². The number of sulfonamides is 1. The molecular weight excluding hydrogens is 238 g/mol. The Morgan fingerprint density at radius 2 is 2.06 bits per heavy atom. The minimum Gasteiger partial charge on any atom is -0.396 e. The van der Waals surface area contributed by atoms with Crippen LogP contribution in [0.1, 0.15) is 32.1 Å². The summed E-state index contributed by atoms with van der Waals surface area (Å²) in [5.41, 5.74) is 0. The summed E-state index contributed by atoms with van der Waals surface area (Å²) in [5.74, 6) is 2.26. The van der Waals surface area contributed by atoms with E-state index in [1.165, 1.54) is 30.0 Å². The zero-order chi connectivity index (χ0) is 12.5. The Balaban J connectivity index is 1.86. The van der Waals surface area contributed by atoms with Gasteiger partial charge in [0.25, 0.3) is 0 Å². The number of aliphatic hydroxyl groups excluding tert-OH is 1. The van der Waals surface area contributed by atoms with Crippen LogP contribution in [-0.2, 0) is 10.0 Å². The zero-order valence-electron chi connectivity index (χ0n) is 10.5. The van der Waals surface area contributed by atoms with Gasteiger partial charge in [-0.15, -0.1) is 0 Å². The first kappa shape index (κ1) is 13.3. The van der Waals surface area contributed by atoms with Gasteiger partial charge in [-0.05, 0) is 43.4 Å². The van der Waals surface area contributed by atoms with Crippen molar-refractivity contribution in [2.24, 2.45) is 17.8 Å². The van der Waals surface area contributed by atoms with E-state index in [2.05, 4.69) is 0 Å². The second kappa shape index (κ2) is 5.24. The molecule has 0 amide bonds. The first-order valence-corrected chi connectivity index (χ1v) is 8.18. The highest BCUT2D eigenvalue weighted by Crippen LogP contribution is 2.48. The number of rotatable bonds is 6. The molecule has 0 radical (unpaired) electrons. The van der Waals surface area contributed by atoms with Crippen LogP contribution >= 0.6 is 0 Å². The molecule has 1 N–H and O–H groups in total. The number of aliphatic hydroxyl groups is 1. The number of hydrogen-bond acceptors (Lipinski definition) is 3. The molecule has 3 atom stereocenters. The smallest absolute Gasteiger partial charge is 0.213 e. The van der Waals surface area contributed by atoms with E-state index in [1.54, 1.807) is 7.05 Å². The Kier molecular flexibility index (Phi) is 4.10. The fourth-order valence-electron chi connectivity index (χ4n) is 3.45. The maximum Gasteiger partial charge on any atom is 0.213 e. The van der Waals surface area contributed by atoms with E-state index >= 15 is 0 Å². The van der Waals surface area contributed by atoms with E-state index in [4.69, 9.17) is 5.11 Å². The Morgan fingerprint density at radius 1 is 1.29 bits per heavy atom. The molecule has 0 spiro atoms. The van der Waals surface area contributed by atoms with Crippen LogP contribution in [0.5, 0.6) is 0 Å². The molecule has 0 saturated heterocycles. The molecule has 17 heavy (non-hydrogen) atoms. The highest BCUT2D eigenvalue weighted by molar-refractivity contribution is 7.89. The molecule has 4 nitrogen and oxygen atoms in total. The van der Waals surface area contributed by atoms with Gasteiger partial charge in [-0.1, -0.05) is 6.42 Å². The van der Waals surface area contributed by atoms with Crippen molar-refractivity contribution in [3.8, 4) is 0 Å². The normalized spacial score (nSPS) is 32.5. The van der Waals surface area contributed by atoms with Gasteiger partial charge in [-0.3, -0.25) is 0 Å². The van der Waals surface area contributed by atoms with Crippen molar-refractivity contribution in [2.75, 3.05) is 26.0 Å². The molecule has 2 aliphatic carbocycles. The summed E-state index contributed by atoms with van der Waals surface area (Å²) in [6.45, 7) is 0.621. The van der Waals surface area contributed by atoms with E-state index in [1.807, 2.05) is 0 Å². The molecule has 0 aromatic heterocycles. The van der Waals surface area contributed by atoms with Crippen LogP contribution in [0.2, 0.25) is 0 Å². The van der Waals surface area contributed by atoms with E-state index in [0.717, 1.165) is 11.8 Å². The second-order valence-corrected chi connectivity index (χ2v) is 7.80. The van der Waals surface area contributed by atoms with Crippen LogP contribution in [0.25, 0.3) is 0 Å². The van der Waals surface area contributed by atoms with Gasteiger partial charge in [-0.2, -0.15) is 0 Å². The van der Waals surface area contributed by atoms with Gasteiger partial charge in [0.1, 0.15) is 0 Å². The van der Waals surface area contributed by atoms with Gasteiger partial charge in [0.2, 0.25) is 10.0 Å². The van der Waals surface area contributed by atoms with Crippen LogP contribution in [0.3, 0.4) is 0 Å². The second-order valence-electron chi connectivity index (χ2n) is 5.61. The maximum atomic E-state index is 11.9. The third kappa shape index (κ3) is 3.01. The minimum atomic E-state index is -3.15. The monoisotopic (exact) mass is 261 g/mol. The number of fused-ring (bicyclic) bond motifs is 2. The molecule has 0 aromatic carbocycles. The van der Waals surface area contributed by atoms with Gasteiger partial charge in [-0.25, -0.2) is 12.7 Å². The lowest BCUT2D eigenvalue weighted by Gasteiger charge is -2.26. The van der Waals surface area contributed by atoms with E-state index in [0.29, 0.717) is 18.9 Å². The summed E-state index contributed by atoms with van der Waals surface area (Å²) in [6.07, 6.45) is 5.51. The van der Waals surface area contributed by atoms with E-state index < -0.39 is 10.0 Å². The van der Waals surface area contributed by atoms with Crippen molar-refractivity contribution in [1.82, 2.24) is 4.31 Å². The van der Waals surface area contributed by atoms with Crippen LogP contribution in [0.15, 0.2) is 0 Å². The first-order valence-electron chi connectivity index (χ1n) is 6.58. The average Bonchev–Trinajstić information content (AvgIpc) is 2.88. The fraction of sp³-hybridized carbons (Fsp3) is 1.00. The van der Waals surface area contributed by atoms with Gasteiger partial charge >= 0.3 is 0 Å². The van der Waals surface area contributed by atoms with Crippen LogP contribution < -0.4 is 0 Å². The van der Waals surface area contributed by atoms with E-state index in [-0.39, 0.29) is 12.4 Å². The first-order chi connectivity index (χ1) is 8.03. The van der Waals surface area contributed by atoms with Crippen molar-refractivity contribution >= 4 is 10.0 Å². The third-order valence-corrected chi connectivity index (χ3v) is 6.31. The highest BCUT2D eigenvalue weighted by atomic mass is 32.2. The minimum absolute atomic E-state index is 0.0544. The largest absolute Gasteiger partial charge is 0.396 e. The summed E-state index contributed by atoms with van der Waals surface area (Å²) in [6, 6.07) is 0. The third-order valence-electron chi connectivity index (χ3n) is 4.41. The lowest BCUT2D eigenvalue weighted by atomic mass is 9.89. The van der Waals surface area contributed by atoms with Gasteiger partial charge in [0.15, 0.2) is 0 Å². The molecule has 2 bridgehead atoms. The van der Waals surface area contributed by atoms with Crippen LogP contribution in [-0.4, -0.2) is 43.8 Å². The summed E-state index contributed by atoms with van der Waals surface area (Å²) in [7, 11) is -1.47. The standard InChI is InChI=1S/C12H23NO3S/c1-13(17(15,16)6-2-5-14)9-12-8-10-3-4-11(12)7-10/h10-12,14H,2-9H2,1H3. The van der Waals surface area contributed by atoms with Crippen molar-refractivity contribution in [1.29, 1.82) is 0 Å². The molecule has 100 valence electrons. The lowest BCUT2D eigenvalue weighted by molar-refractivity contribution is 0.276. The van der Waals surface area contributed by atoms with Crippen molar-refractivity contribution in [3.05, 3.63) is 0 Å². The quantitative estimate of drug-likeness (QED) is 0.778. The Labute approximate surface area is 104 Å². The lowest BCUT2D eigenvalue weighted by Crippen LogP contribution is -2.35. The number of nitrogens with zero attached hydrogens (tertiary/aromatic N) is 1. The fourth-order valence-corrected chi connectivity index (χ4v) is 4.67. The molecule has 2 saturated carbocycles. The molecule has 0 heterocycles. The summed E-state index contributed by atoms with van der Waals surface area (Å²) in [4.78, 5) is 0. The SMILES string of the molecule is CN(CC1CC2CCC1C2)S(=O)(=O)CCCO. The molecular formula is C12H23NO3S. The Hall–Kier alpha value is -0.130. The van der Waals surface area contributed by atoms with Crippen LogP contribution in [0.4, 0.5) is 0 Å². The zero-order valence-corrected chi connectivity index (χ0v) is 11.3. The Morgan fingerprint density at radius 3 is 2.59 bits per heavy atom. The molecule has 0 aromatic rings. The highest BCUT2D eigenvalue weighted by Gasteiger charge is 2.40. The maximum absolute atomic E-state index is 11.9. The Bertz CT molecular complexity index is 355. The van der Waals surface area contributed by atoms with Crippen molar-refractivity contribution in [3.63, 3.8) is 0 Å². The number of hydrogen-bond donors (Lipinski definition) is 1. The van der Waals surface area contributed by atoms with Gasteiger partial charge in [0, 0.05) is 20.2 Å². The van der Waals surface area contributed by atoms with Crippen molar-refractivity contribution in [2.45, 2.75) is 32.1 Å². The molecule has 2 fully saturated rings.